The summed E-state index contributed by atoms with van der Waals surface area (Å²) in [6.07, 6.45) is 8.06. The van der Waals surface area contributed by atoms with Gasteiger partial charge in [-0.05, 0) is 37.0 Å². The van der Waals surface area contributed by atoms with Crippen LogP contribution in [0.25, 0.3) is 0 Å². The predicted molar refractivity (Wildman–Crippen MR) is 50.6 cm³/mol. The van der Waals surface area contributed by atoms with Crippen molar-refractivity contribution < 1.29 is 4.39 Å². The molecule has 0 radical (unpaired) electrons. The fourth-order valence-corrected chi connectivity index (χ4v) is 1.50. The summed E-state index contributed by atoms with van der Waals surface area (Å²) in [5.41, 5.74) is 2.64. The van der Waals surface area contributed by atoms with Crippen LogP contribution in [0.2, 0.25) is 0 Å². The monoisotopic (exact) mass is 166 g/mol. The summed E-state index contributed by atoms with van der Waals surface area (Å²) in [6.45, 7) is 4.17. The molecule has 1 rings (SSSR count). The minimum absolute atomic E-state index is 0.00491. The smallest absolute Gasteiger partial charge is 0.100 e. The zero-order valence-electron chi connectivity index (χ0n) is 7.73. The maximum atomic E-state index is 12.6. The van der Waals surface area contributed by atoms with E-state index in [9.17, 15) is 4.39 Å². The second kappa shape index (κ2) is 4.24. The molecular weight excluding hydrogens is 151 g/mol. The van der Waals surface area contributed by atoms with Crippen LogP contribution in [0.1, 0.15) is 33.1 Å². The van der Waals surface area contributed by atoms with Gasteiger partial charge in [-0.3, -0.25) is 0 Å². The Bertz CT molecular complexity index is 244. The largest absolute Gasteiger partial charge is 0.212 e. The third-order valence-electron chi connectivity index (χ3n) is 2.24. The molecule has 0 aromatic carbocycles. The first-order valence-electron chi connectivity index (χ1n) is 4.48. The highest BCUT2D eigenvalue weighted by molar-refractivity contribution is 5.36. The Morgan fingerprint density at radius 2 is 2.25 bits per heavy atom. The van der Waals surface area contributed by atoms with Gasteiger partial charge in [-0.15, -0.1) is 0 Å². The topological polar surface area (TPSA) is 0 Å². The fraction of sp³-hybridized carbons (Fsp3) is 0.455. The molecular formula is C11H15F. The van der Waals surface area contributed by atoms with E-state index in [0.29, 0.717) is 6.42 Å². The number of allylic oxidation sites excluding steroid dienone is 6. The van der Waals surface area contributed by atoms with Crippen molar-refractivity contribution in [2.24, 2.45) is 0 Å². The Balaban J connectivity index is 2.77. The van der Waals surface area contributed by atoms with Crippen LogP contribution in [0.15, 0.2) is 35.2 Å². The van der Waals surface area contributed by atoms with E-state index in [1.165, 1.54) is 11.1 Å². The molecule has 0 saturated carbocycles. The van der Waals surface area contributed by atoms with Crippen molar-refractivity contribution in [2.75, 3.05) is 0 Å². The Morgan fingerprint density at radius 1 is 1.50 bits per heavy atom. The first kappa shape index (κ1) is 9.24. The molecule has 0 amide bonds. The standard InChI is InChI=1S/C11H15F/c1-3-9(4-2)10-5-7-11(12)8-6-10/h3,5,7H,4,6,8H2,1-2H3/b9-3-. The zero-order valence-corrected chi connectivity index (χ0v) is 7.73. The van der Waals surface area contributed by atoms with Crippen LogP contribution in [0.5, 0.6) is 0 Å². The molecule has 0 fully saturated rings. The van der Waals surface area contributed by atoms with Crippen LogP contribution in [0.4, 0.5) is 4.39 Å². The number of hydrogen-bond acceptors (Lipinski definition) is 0. The lowest BCUT2D eigenvalue weighted by Crippen LogP contribution is -1.93. The quantitative estimate of drug-likeness (QED) is 0.583. The molecule has 1 aliphatic carbocycles. The van der Waals surface area contributed by atoms with E-state index < -0.39 is 0 Å². The van der Waals surface area contributed by atoms with Gasteiger partial charge in [0, 0.05) is 6.42 Å². The van der Waals surface area contributed by atoms with Gasteiger partial charge in [0.1, 0.15) is 5.83 Å². The average molecular weight is 166 g/mol. The predicted octanol–water partition coefficient (Wildman–Crippen LogP) is 3.92. The van der Waals surface area contributed by atoms with Crippen molar-refractivity contribution in [3.05, 3.63) is 35.2 Å². The molecule has 1 heteroatoms. The molecule has 12 heavy (non-hydrogen) atoms. The Morgan fingerprint density at radius 3 is 2.67 bits per heavy atom. The fourth-order valence-electron chi connectivity index (χ4n) is 1.50. The Hall–Kier alpha value is -0.850. The van der Waals surface area contributed by atoms with Crippen molar-refractivity contribution in [3.8, 4) is 0 Å². The summed E-state index contributed by atoms with van der Waals surface area (Å²) in [5.74, 6) is 0.00491. The second-order valence-electron chi connectivity index (χ2n) is 2.97. The molecule has 0 heterocycles. The third-order valence-corrected chi connectivity index (χ3v) is 2.24. The van der Waals surface area contributed by atoms with Crippen molar-refractivity contribution >= 4 is 0 Å². The molecule has 66 valence electrons. The Kier molecular flexibility index (Phi) is 3.27. The van der Waals surface area contributed by atoms with Gasteiger partial charge in [0.05, 0.1) is 0 Å². The summed E-state index contributed by atoms with van der Waals surface area (Å²) in [5, 5.41) is 0. The van der Waals surface area contributed by atoms with Gasteiger partial charge in [-0.1, -0.05) is 19.1 Å². The lowest BCUT2D eigenvalue weighted by Gasteiger charge is -2.12. The second-order valence-corrected chi connectivity index (χ2v) is 2.97. The van der Waals surface area contributed by atoms with Crippen molar-refractivity contribution in [2.45, 2.75) is 33.1 Å². The minimum Gasteiger partial charge on any atom is -0.212 e. The van der Waals surface area contributed by atoms with Crippen LogP contribution >= 0.6 is 0 Å². The van der Waals surface area contributed by atoms with E-state index in [2.05, 4.69) is 13.0 Å². The summed E-state index contributed by atoms with van der Waals surface area (Å²) < 4.78 is 12.6. The van der Waals surface area contributed by atoms with Crippen LogP contribution < -0.4 is 0 Å². The first-order chi connectivity index (χ1) is 5.77. The lowest BCUT2D eigenvalue weighted by molar-refractivity contribution is 0.582. The molecule has 0 N–H and O–H groups in total. The van der Waals surface area contributed by atoms with Crippen molar-refractivity contribution in [1.29, 1.82) is 0 Å². The number of halogens is 1. The van der Waals surface area contributed by atoms with Gasteiger partial charge in [0.2, 0.25) is 0 Å². The summed E-state index contributed by atoms with van der Waals surface area (Å²) in [4.78, 5) is 0. The van der Waals surface area contributed by atoms with Crippen LogP contribution in [0, 0.1) is 0 Å². The highest BCUT2D eigenvalue weighted by Gasteiger charge is 2.07. The zero-order chi connectivity index (χ0) is 8.97. The molecule has 0 aromatic rings. The highest BCUT2D eigenvalue weighted by atomic mass is 19.1. The summed E-state index contributed by atoms with van der Waals surface area (Å²) in [7, 11) is 0. The molecule has 0 unspecified atom stereocenters. The van der Waals surface area contributed by atoms with Crippen LogP contribution in [0.3, 0.4) is 0 Å². The molecule has 0 saturated heterocycles. The highest BCUT2D eigenvalue weighted by Crippen LogP contribution is 2.25. The molecule has 1 aliphatic rings. The number of hydrogen-bond donors (Lipinski definition) is 0. The Labute approximate surface area is 73.5 Å². The summed E-state index contributed by atoms with van der Waals surface area (Å²) in [6, 6.07) is 0. The molecule has 0 aromatic heterocycles. The molecule has 0 bridgehead atoms. The maximum absolute atomic E-state index is 12.6. The normalized spacial score (nSPS) is 18.8. The van der Waals surface area contributed by atoms with E-state index >= 15 is 0 Å². The molecule has 0 spiro atoms. The minimum atomic E-state index is 0.00491. The van der Waals surface area contributed by atoms with Gasteiger partial charge in [-0.25, -0.2) is 4.39 Å². The maximum Gasteiger partial charge on any atom is 0.100 e. The first-order valence-corrected chi connectivity index (χ1v) is 4.48. The van der Waals surface area contributed by atoms with E-state index in [1.54, 1.807) is 6.08 Å². The van der Waals surface area contributed by atoms with Crippen LogP contribution in [-0.4, -0.2) is 0 Å². The van der Waals surface area contributed by atoms with E-state index in [4.69, 9.17) is 0 Å². The average Bonchev–Trinajstić information content (AvgIpc) is 2.10. The van der Waals surface area contributed by atoms with Crippen molar-refractivity contribution in [1.82, 2.24) is 0 Å². The van der Waals surface area contributed by atoms with Gasteiger partial charge in [0.25, 0.3) is 0 Å². The molecule has 0 atom stereocenters. The van der Waals surface area contributed by atoms with Gasteiger partial charge < -0.3 is 0 Å². The van der Waals surface area contributed by atoms with E-state index in [-0.39, 0.29) is 5.83 Å². The van der Waals surface area contributed by atoms with E-state index in [1.807, 2.05) is 13.0 Å². The van der Waals surface area contributed by atoms with E-state index in [0.717, 1.165) is 12.8 Å². The SMILES string of the molecule is C/C=C(/CC)C1=CC=C(F)CC1. The summed E-state index contributed by atoms with van der Waals surface area (Å²) >= 11 is 0. The number of rotatable bonds is 2. The van der Waals surface area contributed by atoms with Gasteiger partial charge in [0.15, 0.2) is 0 Å². The van der Waals surface area contributed by atoms with Crippen LogP contribution in [-0.2, 0) is 0 Å². The molecule has 0 nitrogen and oxygen atoms in total. The lowest BCUT2D eigenvalue weighted by atomic mass is 9.95. The van der Waals surface area contributed by atoms with Gasteiger partial charge in [-0.2, -0.15) is 0 Å². The van der Waals surface area contributed by atoms with Crippen molar-refractivity contribution in [3.63, 3.8) is 0 Å². The van der Waals surface area contributed by atoms with Gasteiger partial charge >= 0.3 is 0 Å². The third kappa shape index (κ3) is 2.07. The molecule has 0 aliphatic heterocycles.